The van der Waals surface area contributed by atoms with Gasteiger partial charge in [0.05, 0.1) is 11.6 Å². The summed E-state index contributed by atoms with van der Waals surface area (Å²) in [6, 6.07) is 18.6. The van der Waals surface area contributed by atoms with Crippen molar-refractivity contribution in [3.63, 3.8) is 0 Å². The average molecular weight is 496 g/mol. The summed E-state index contributed by atoms with van der Waals surface area (Å²) in [7, 11) is 0. The molecule has 3 heterocycles. The first-order valence-electron chi connectivity index (χ1n) is 13.5. The Morgan fingerprint density at radius 3 is 2.35 bits per heavy atom. The molecule has 0 bridgehead atoms. The van der Waals surface area contributed by atoms with Crippen LogP contribution in [-0.4, -0.2) is 37.3 Å². The molecule has 0 radical (unpaired) electrons. The van der Waals surface area contributed by atoms with E-state index < -0.39 is 5.97 Å². The molecule has 2 saturated heterocycles. The van der Waals surface area contributed by atoms with Crippen LogP contribution in [0.15, 0.2) is 59.0 Å². The first kappa shape index (κ1) is 23.8. The average Bonchev–Trinajstić information content (AvgIpc) is 3.61. The van der Waals surface area contributed by atoms with Gasteiger partial charge in [-0.3, -0.25) is 0 Å². The minimum atomic E-state index is -0.917. The SMILES string of the molecule is CC(C)(C)c1ccc(C(=O)O)c(-c2c3ccc(=[N+]4CCCC4)cc-3oc3cc(N4CCCC4)ccc23)c1. The minimum absolute atomic E-state index is 0.109. The molecule has 0 saturated carbocycles. The first-order valence-corrected chi connectivity index (χ1v) is 13.5. The smallest absolute Gasteiger partial charge is 0.336 e. The Balaban J connectivity index is 1.69. The van der Waals surface area contributed by atoms with Crippen LogP contribution in [0.25, 0.3) is 33.4 Å². The van der Waals surface area contributed by atoms with Crippen molar-refractivity contribution in [3.05, 3.63) is 71.1 Å². The summed E-state index contributed by atoms with van der Waals surface area (Å²) in [5.74, 6) is -0.122. The summed E-state index contributed by atoms with van der Waals surface area (Å²) < 4.78 is 9.01. The number of aromatic carboxylic acids is 1. The second kappa shape index (κ2) is 9.05. The molecule has 0 amide bonds. The van der Waals surface area contributed by atoms with Crippen molar-refractivity contribution in [1.82, 2.24) is 4.58 Å². The van der Waals surface area contributed by atoms with Gasteiger partial charge in [0.15, 0.2) is 0 Å². The summed E-state index contributed by atoms with van der Waals surface area (Å²) >= 11 is 0. The van der Waals surface area contributed by atoms with E-state index in [1.54, 1.807) is 6.07 Å². The standard InChI is InChI=1S/C32H34N2O3/c1-32(2,3)21-8-11-24(31(35)36)27(18-21)30-25-12-9-22(33-14-4-5-15-33)19-28(25)37-29-20-23(10-13-26(29)30)34-16-6-7-17-34/h8-13,18-20H,4-7,14-17H2,1-3H3/p+1. The largest absolute Gasteiger partial charge is 0.478 e. The normalized spacial score (nSPS) is 16.3. The lowest BCUT2D eigenvalue weighted by Crippen LogP contribution is -2.26. The van der Waals surface area contributed by atoms with Gasteiger partial charge in [0.1, 0.15) is 24.4 Å². The molecule has 6 rings (SSSR count). The number of hydrogen-bond acceptors (Lipinski definition) is 3. The van der Waals surface area contributed by atoms with Crippen molar-refractivity contribution in [3.8, 4) is 22.5 Å². The number of carboxylic acids is 1. The molecule has 3 aliphatic heterocycles. The van der Waals surface area contributed by atoms with Crippen LogP contribution in [0, 0.1) is 0 Å². The topological polar surface area (TPSA) is 56.7 Å². The molecule has 37 heavy (non-hydrogen) atoms. The van der Waals surface area contributed by atoms with E-state index in [0.29, 0.717) is 5.56 Å². The maximum atomic E-state index is 12.4. The number of anilines is 1. The number of hydrogen-bond donors (Lipinski definition) is 1. The van der Waals surface area contributed by atoms with Crippen LogP contribution in [0.4, 0.5) is 5.69 Å². The molecule has 190 valence electrons. The summed E-state index contributed by atoms with van der Waals surface area (Å²) in [5, 5.41) is 12.3. The molecule has 2 aromatic carbocycles. The lowest BCUT2D eigenvalue weighted by molar-refractivity contribution is 0.0697. The Bertz CT molecular complexity index is 1540. The van der Waals surface area contributed by atoms with Gasteiger partial charge < -0.3 is 14.4 Å². The Kier molecular flexibility index (Phi) is 5.82. The number of fused-ring (bicyclic) bond motifs is 2. The molecule has 0 spiro atoms. The number of rotatable bonds is 3. The van der Waals surface area contributed by atoms with Crippen molar-refractivity contribution >= 4 is 22.6 Å². The fourth-order valence-corrected chi connectivity index (χ4v) is 5.91. The molecule has 0 unspecified atom stereocenters. The second-order valence-corrected chi connectivity index (χ2v) is 11.5. The van der Waals surface area contributed by atoms with Gasteiger partial charge in [0, 0.05) is 60.3 Å². The van der Waals surface area contributed by atoms with Crippen molar-refractivity contribution in [2.75, 3.05) is 31.1 Å². The van der Waals surface area contributed by atoms with Gasteiger partial charge in [0.25, 0.3) is 0 Å². The minimum Gasteiger partial charge on any atom is -0.478 e. The molecule has 4 aliphatic rings. The van der Waals surface area contributed by atoms with Crippen LogP contribution < -0.4 is 14.8 Å². The van der Waals surface area contributed by atoms with Gasteiger partial charge in [0.2, 0.25) is 5.36 Å². The van der Waals surface area contributed by atoms with Crippen molar-refractivity contribution in [1.29, 1.82) is 0 Å². The van der Waals surface area contributed by atoms with Crippen LogP contribution >= 0.6 is 0 Å². The van der Waals surface area contributed by atoms with E-state index in [2.05, 4.69) is 72.7 Å². The molecular formula is C32H35N2O3+. The fourth-order valence-electron chi connectivity index (χ4n) is 5.91. The highest BCUT2D eigenvalue weighted by Crippen LogP contribution is 2.43. The Hall–Kier alpha value is -3.60. The predicted molar refractivity (Wildman–Crippen MR) is 150 cm³/mol. The molecule has 1 aliphatic carbocycles. The summed E-state index contributed by atoms with van der Waals surface area (Å²) in [5.41, 5.74) is 5.89. The third kappa shape index (κ3) is 4.30. The summed E-state index contributed by atoms with van der Waals surface area (Å²) in [6.07, 6.45) is 4.83. The Morgan fingerprint density at radius 2 is 1.65 bits per heavy atom. The second-order valence-electron chi connectivity index (χ2n) is 11.5. The van der Waals surface area contributed by atoms with E-state index in [0.717, 1.165) is 76.2 Å². The maximum absolute atomic E-state index is 12.4. The summed E-state index contributed by atoms with van der Waals surface area (Å²) in [6.45, 7) is 10.7. The molecule has 5 nitrogen and oxygen atoms in total. The monoisotopic (exact) mass is 495 g/mol. The predicted octanol–water partition coefficient (Wildman–Crippen LogP) is 6.37. The van der Waals surface area contributed by atoms with Crippen LogP contribution in [0.1, 0.15) is 62.4 Å². The molecule has 5 heteroatoms. The van der Waals surface area contributed by atoms with Crippen LogP contribution in [0.5, 0.6) is 0 Å². The van der Waals surface area contributed by atoms with Gasteiger partial charge >= 0.3 is 5.97 Å². The highest BCUT2D eigenvalue weighted by atomic mass is 16.4. The molecule has 2 fully saturated rings. The van der Waals surface area contributed by atoms with Gasteiger partial charge in [-0.05, 0) is 59.7 Å². The van der Waals surface area contributed by atoms with E-state index >= 15 is 0 Å². The maximum Gasteiger partial charge on any atom is 0.336 e. The van der Waals surface area contributed by atoms with E-state index in [4.69, 9.17) is 4.42 Å². The fraction of sp³-hybridized carbons (Fsp3) is 0.375. The number of carboxylic acid groups (broad SMARTS) is 1. The molecule has 2 aromatic rings. The third-order valence-electron chi connectivity index (χ3n) is 8.02. The zero-order valence-electron chi connectivity index (χ0n) is 22.0. The molecule has 0 aromatic heterocycles. The Morgan fingerprint density at radius 1 is 0.892 bits per heavy atom. The molecular weight excluding hydrogens is 460 g/mol. The van der Waals surface area contributed by atoms with Gasteiger partial charge in [-0.2, -0.15) is 0 Å². The molecule has 1 N–H and O–H groups in total. The zero-order valence-corrected chi connectivity index (χ0v) is 22.0. The van der Waals surface area contributed by atoms with Gasteiger partial charge in [-0.25, -0.2) is 9.37 Å². The van der Waals surface area contributed by atoms with Gasteiger partial charge in [-0.15, -0.1) is 0 Å². The number of benzene rings is 3. The quantitative estimate of drug-likeness (QED) is 0.265. The van der Waals surface area contributed by atoms with E-state index in [1.165, 1.54) is 25.7 Å². The first-order chi connectivity index (χ1) is 17.8. The summed E-state index contributed by atoms with van der Waals surface area (Å²) in [4.78, 5) is 14.9. The van der Waals surface area contributed by atoms with Crippen LogP contribution in [0.3, 0.4) is 0 Å². The zero-order chi connectivity index (χ0) is 25.7. The van der Waals surface area contributed by atoms with E-state index in [9.17, 15) is 9.90 Å². The third-order valence-corrected chi connectivity index (χ3v) is 8.02. The highest BCUT2D eigenvalue weighted by molar-refractivity contribution is 6.08. The van der Waals surface area contributed by atoms with Gasteiger partial charge in [-0.1, -0.05) is 26.8 Å². The lowest BCUT2D eigenvalue weighted by atomic mass is 9.82. The van der Waals surface area contributed by atoms with E-state index in [-0.39, 0.29) is 5.41 Å². The number of nitrogens with zero attached hydrogens (tertiary/aromatic N) is 2. The lowest BCUT2D eigenvalue weighted by Gasteiger charge is -2.23. The van der Waals surface area contributed by atoms with Crippen LogP contribution in [0.2, 0.25) is 0 Å². The van der Waals surface area contributed by atoms with Crippen molar-refractivity contribution < 1.29 is 14.3 Å². The van der Waals surface area contributed by atoms with Crippen molar-refractivity contribution in [2.45, 2.75) is 51.9 Å². The van der Waals surface area contributed by atoms with E-state index in [1.807, 2.05) is 6.07 Å². The highest BCUT2D eigenvalue weighted by Gasteiger charge is 2.26. The molecule has 0 atom stereocenters. The Labute approximate surface area is 218 Å². The van der Waals surface area contributed by atoms with Crippen LogP contribution in [-0.2, 0) is 5.41 Å². The number of carbonyl (C=O) groups is 1. The van der Waals surface area contributed by atoms with Crippen molar-refractivity contribution in [2.24, 2.45) is 0 Å².